The predicted molar refractivity (Wildman–Crippen MR) is 89.9 cm³/mol. The molecule has 1 aliphatic heterocycles. The molecule has 2 aliphatic rings. The zero-order valence-electron chi connectivity index (χ0n) is 15.0. The molecule has 0 spiro atoms. The maximum absolute atomic E-state index is 12.8. The fourth-order valence-electron chi connectivity index (χ4n) is 3.54. The van der Waals surface area contributed by atoms with E-state index >= 15 is 0 Å². The van der Waals surface area contributed by atoms with Crippen LogP contribution in [0.3, 0.4) is 0 Å². The number of amides is 3. The highest BCUT2D eigenvalue weighted by molar-refractivity contribution is 6.08. The van der Waals surface area contributed by atoms with E-state index in [1.165, 1.54) is 4.90 Å². The summed E-state index contributed by atoms with van der Waals surface area (Å²) in [4.78, 5) is 39.5. The number of nitrogens with one attached hydrogen (secondary N) is 1. The summed E-state index contributed by atoms with van der Waals surface area (Å²) in [7, 11) is 1.57. The number of ether oxygens (including phenoxy) is 1. The highest BCUT2D eigenvalue weighted by atomic mass is 16.5. The van der Waals surface area contributed by atoms with Gasteiger partial charge < -0.3 is 10.1 Å². The van der Waals surface area contributed by atoms with Gasteiger partial charge in [0, 0.05) is 13.2 Å². The van der Waals surface area contributed by atoms with Crippen molar-refractivity contribution in [2.45, 2.75) is 52.1 Å². The van der Waals surface area contributed by atoms with Crippen LogP contribution < -0.4 is 5.32 Å². The Kier molecular flexibility index (Phi) is 6.15. The lowest BCUT2D eigenvalue weighted by Gasteiger charge is -2.28. The lowest BCUT2D eigenvalue weighted by Crippen LogP contribution is -2.52. The van der Waals surface area contributed by atoms with Crippen LogP contribution in [0.15, 0.2) is 12.2 Å². The minimum atomic E-state index is -0.741. The van der Waals surface area contributed by atoms with Crippen molar-refractivity contribution in [1.82, 2.24) is 10.2 Å². The molecule has 0 aromatic rings. The van der Waals surface area contributed by atoms with Gasteiger partial charge in [-0.2, -0.15) is 0 Å². The number of nitrogens with zero attached hydrogens (tertiary/aromatic N) is 1. The van der Waals surface area contributed by atoms with E-state index in [2.05, 4.69) is 5.32 Å². The monoisotopic (exact) mass is 336 g/mol. The third kappa shape index (κ3) is 3.86. The maximum atomic E-state index is 12.8. The summed E-state index contributed by atoms with van der Waals surface area (Å²) in [6, 6.07) is -0.913. The average molecular weight is 336 g/mol. The Morgan fingerprint density at radius 3 is 2.21 bits per heavy atom. The lowest BCUT2D eigenvalue weighted by molar-refractivity contribution is -0.148. The first-order chi connectivity index (χ1) is 11.4. The van der Waals surface area contributed by atoms with E-state index in [1.54, 1.807) is 7.11 Å². The summed E-state index contributed by atoms with van der Waals surface area (Å²) in [6.07, 6.45) is 5.54. The molecule has 6 nitrogen and oxygen atoms in total. The molecule has 24 heavy (non-hydrogen) atoms. The van der Waals surface area contributed by atoms with E-state index in [-0.39, 0.29) is 41.5 Å². The topological polar surface area (TPSA) is 75.7 Å². The number of fused-ring (bicyclic) bond motifs is 1. The summed E-state index contributed by atoms with van der Waals surface area (Å²) in [5.74, 6) is -1.09. The summed E-state index contributed by atoms with van der Waals surface area (Å²) in [6.45, 7) is 6.19. The number of hydrogen-bond acceptors (Lipinski definition) is 4. The second-order valence-corrected chi connectivity index (χ2v) is 7.21. The van der Waals surface area contributed by atoms with Gasteiger partial charge in [-0.3, -0.25) is 19.3 Å². The second kappa shape index (κ2) is 7.92. The van der Waals surface area contributed by atoms with Crippen molar-refractivity contribution >= 4 is 17.7 Å². The third-order valence-electron chi connectivity index (χ3n) is 4.66. The molecule has 2 rings (SSSR count). The zero-order chi connectivity index (χ0) is 17.9. The molecule has 1 N–H and O–H groups in total. The SMILES string of the molecule is COC[C@H](C)NC(=O)[C@@H](CC(C)C)N1C(=O)[C@H]2CC=CC[C@H]2C1=O. The van der Waals surface area contributed by atoms with E-state index < -0.39 is 6.04 Å². The highest BCUT2D eigenvalue weighted by Crippen LogP contribution is 2.37. The van der Waals surface area contributed by atoms with Crippen molar-refractivity contribution in [3.8, 4) is 0 Å². The Morgan fingerprint density at radius 2 is 1.75 bits per heavy atom. The first-order valence-electron chi connectivity index (χ1n) is 8.68. The van der Waals surface area contributed by atoms with Gasteiger partial charge in [0.1, 0.15) is 6.04 Å². The molecule has 0 saturated carbocycles. The van der Waals surface area contributed by atoms with Gasteiger partial charge in [0.2, 0.25) is 17.7 Å². The molecule has 0 aromatic heterocycles. The van der Waals surface area contributed by atoms with E-state index in [9.17, 15) is 14.4 Å². The number of likely N-dealkylation sites (tertiary alicyclic amines) is 1. The molecule has 6 heteroatoms. The molecule has 3 amide bonds. The Bertz CT molecular complexity index is 503. The molecule has 0 aromatic carbocycles. The minimum Gasteiger partial charge on any atom is -0.383 e. The number of imide groups is 1. The van der Waals surface area contributed by atoms with Gasteiger partial charge in [-0.25, -0.2) is 0 Å². The van der Waals surface area contributed by atoms with Crippen molar-refractivity contribution in [2.24, 2.45) is 17.8 Å². The molecule has 1 heterocycles. The van der Waals surface area contributed by atoms with Crippen LogP contribution in [0, 0.1) is 17.8 Å². The van der Waals surface area contributed by atoms with Crippen molar-refractivity contribution in [1.29, 1.82) is 0 Å². The Balaban J connectivity index is 2.19. The number of allylic oxidation sites excluding steroid dienone is 2. The van der Waals surface area contributed by atoms with Crippen molar-refractivity contribution < 1.29 is 19.1 Å². The quantitative estimate of drug-likeness (QED) is 0.565. The van der Waals surface area contributed by atoms with Crippen molar-refractivity contribution in [3.05, 3.63) is 12.2 Å². The molecular weight excluding hydrogens is 308 g/mol. The summed E-state index contributed by atoms with van der Waals surface area (Å²) >= 11 is 0. The van der Waals surface area contributed by atoms with Crippen LogP contribution in [0.2, 0.25) is 0 Å². The predicted octanol–water partition coefficient (Wildman–Crippen LogP) is 1.50. The largest absolute Gasteiger partial charge is 0.383 e. The van der Waals surface area contributed by atoms with Crippen LogP contribution in [0.1, 0.15) is 40.0 Å². The van der Waals surface area contributed by atoms with Gasteiger partial charge >= 0.3 is 0 Å². The standard InChI is InChI=1S/C18H28N2O4/c1-11(2)9-15(16(21)19-12(3)10-24-4)20-17(22)13-7-5-6-8-14(13)18(20)23/h5-6,11-15H,7-10H2,1-4H3,(H,19,21)/t12-,13-,14+,15+/m0/s1. The van der Waals surface area contributed by atoms with Crippen LogP contribution in [0.5, 0.6) is 0 Å². The van der Waals surface area contributed by atoms with Crippen molar-refractivity contribution in [2.75, 3.05) is 13.7 Å². The lowest BCUT2D eigenvalue weighted by atomic mass is 9.85. The number of carbonyl (C=O) groups excluding carboxylic acids is 3. The van der Waals surface area contributed by atoms with Crippen LogP contribution in [0.25, 0.3) is 0 Å². The summed E-state index contributed by atoms with van der Waals surface area (Å²) in [5.41, 5.74) is 0. The van der Waals surface area contributed by atoms with Gasteiger partial charge in [0.25, 0.3) is 0 Å². The van der Waals surface area contributed by atoms with Crippen LogP contribution in [-0.2, 0) is 19.1 Å². The molecule has 0 bridgehead atoms. The second-order valence-electron chi connectivity index (χ2n) is 7.21. The Hall–Kier alpha value is -1.69. The maximum Gasteiger partial charge on any atom is 0.243 e. The van der Waals surface area contributed by atoms with E-state index in [0.29, 0.717) is 25.9 Å². The molecule has 134 valence electrons. The number of hydrogen-bond donors (Lipinski definition) is 1. The summed E-state index contributed by atoms with van der Waals surface area (Å²) in [5, 5.41) is 2.86. The first kappa shape index (κ1) is 18.6. The van der Waals surface area contributed by atoms with E-state index in [0.717, 1.165) is 0 Å². The minimum absolute atomic E-state index is 0.172. The number of rotatable bonds is 7. The normalized spacial score (nSPS) is 25.8. The average Bonchev–Trinajstić information content (AvgIpc) is 2.77. The first-order valence-corrected chi connectivity index (χ1v) is 8.68. The molecule has 1 saturated heterocycles. The van der Waals surface area contributed by atoms with Crippen LogP contribution >= 0.6 is 0 Å². The van der Waals surface area contributed by atoms with Gasteiger partial charge in [0.15, 0.2) is 0 Å². The van der Waals surface area contributed by atoms with E-state index in [1.807, 2.05) is 32.9 Å². The van der Waals surface area contributed by atoms with Gasteiger partial charge in [-0.1, -0.05) is 26.0 Å². The van der Waals surface area contributed by atoms with Crippen LogP contribution in [0.4, 0.5) is 0 Å². The highest BCUT2D eigenvalue weighted by Gasteiger charge is 2.51. The van der Waals surface area contributed by atoms with Crippen LogP contribution in [-0.4, -0.2) is 48.4 Å². The third-order valence-corrected chi connectivity index (χ3v) is 4.66. The Morgan fingerprint density at radius 1 is 1.21 bits per heavy atom. The van der Waals surface area contributed by atoms with Gasteiger partial charge in [-0.05, 0) is 32.1 Å². The Labute approximate surface area is 143 Å². The van der Waals surface area contributed by atoms with Gasteiger partial charge in [-0.15, -0.1) is 0 Å². The molecule has 0 radical (unpaired) electrons. The number of methoxy groups -OCH3 is 1. The van der Waals surface area contributed by atoms with Gasteiger partial charge in [0.05, 0.1) is 18.4 Å². The fraction of sp³-hybridized carbons (Fsp3) is 0.722. The number of carbonyl (C=O) groups is 3. The molecule has 1 aliphatic carbocycles. The molecule has 1 fully saturated rings. The molecule has 4 atom stereocenters. The fourth-order valence-corrected chi connectivity index (χ4v) is 3.54. The van der Waals surface area contributed by atoms with Crippen molar-refractivity contribution in [3.63, 3.8) is 0 Å². The zero-order valence-corrected chi connectivity index (χ0v) is 15.0. The van der Waals surface area contributed by atoms with E-state index in [4.69, 9.17) is 4.74 Å². The summed E-state index contributed by atoms with van der Waals surface area (Å²) < 4.78 is 5.04. The molecular formula is C18H28N2O4. The molecule has 0 unspecified atom stereocenters. The smallest absolute Gasteiger partial charge is 0.243 e.